The van der Waals surface area contributed by atoms with Gasteiger partial charge < -0.3 is 15.2 Å². The van der Waals surface area contributed by atoms with Crippen molar-refractivity contribution in [2.75, 3.05) is 10.6 Å². The van der Waals surface area contributed by atoms with Gasteiger partial charge in [-0.25, -0.2) is 9.71 Å². The average molecular weight is 508 g/mol. The number of nitrogens with one attached hydrogen (secondary N) is 4. The number of fused-ring (bicyclic) bond motifs is 1. The van der Waals surface area contributed by atoms with Crippen molar-refractivity contribution in [2.45, 2.75) is 6.54 Å². The highest BCUT2D eigenvalue weighted by molar-refractivity contribution is 9.10. The first-order chi connectivity index (χ1) is 14.5. The molecule has 1 unspecified atom stereocenters. The zero-order chi connectivity index (χ0) is 21.1. The minimum absolute atomic E-state index is 0.152. The summed E-state index contributed by atoms with van der Waals surface area (Å²) >= 11 is 7.13. The third-order valence-corrected chi connectivity index (χ3v) is 5.41. The second-order valence-corrected chi connectivity index (χ2v) is 8.11. The Morgan fingerprint density at radius 2 is 2.03 bits per heavy atom. The van der Waals surface area contributed by atoms with Gasteiger partial charge in [0, 0.05) is 40.8 Å². The molecule has 1 atom stereocenters. The van der Waals surface area contributed by atoms with Gasteiger partial charge in [0.15, 0.2) is 0 Å². The van der Waals surface area contributed by atoms with Crippen LogP contribution >= 0.6 is 27.5 Å². The van der Waals surface area contributed by atoms with E-state index in [0.717, 1.165) is 22.2 Å². The Kier molecular flexibility index (Phi) is 6.25. The van der Waals surface area contributed by atoms with Gasteiger partial charge in [-0.05, 0) is 45.8 Å². The maximum Gasteiger partial charge on any atom is 0.229 e. The van der Waals surface area contributed by atoms with Gasteiger partial charge in [-0.15, -0.1) is 0 Å². The van der Waals surface area contributed by atoms with Gasteiger partial charge in [0.25, 0.3) is 0 Å². The van der Waals surface area contributed by atoms with Gasteiger partial charge in [-0.3, -0.25) is 9.31 Å². The quantitative estimate of drug-likeness (QED) is 0.277. The highest BCUT2D eigenvalue weighted by Crippen LogP contribution is 2.28. The molecule has 0 fully saturated rings. The maximum absolute atomic E-state index is 10.8. The maximum atomic E-state index is 10.8. The van der Waals surface area contributed by atoms with Crippen molar-refractivity contribution in [3.8, 4) is 0 Å². The van der Waals surface area contributed by atoms with Crippen molar-refractivity contribution in [3.63, 3.8) is 0 Å². The highest BCUT2D eigenvalue weighted by Gasteiger charge is 2.10. The first-order valence-electron chi connectivity index (χ1n) is 8.60. The van der Waals surface area contributed by atoms with Crippen LogP contribution in [0.5, 0.6) is 0 Å². The molecule has 154 valence electrons. The van der Waals surface area contributed by atoms with E-state index in [1.807, 2.05) is 42.5 Å². The number of halogens is 2. The van der Waals surface area contributed by atoms with E-state index in [2.05, 4.69) is 51.5 Å². The van der Waals surface area contributed by atoms with E-state index in [4.69, 9.17) is 11.6 Å². The molecule has 0 aliphatic carbocycles. The number of hydrogen-bond acceptors (Lipinski definition) is 7. The number of rotatable bonds is 7. The third-order valence-electron chi connectivity index (χ3n) is 4.16. The van der Waals surface area contributed by atoms with Crippen LogP contribution in [0.25, 0.3) is 10.9 Å². The molecule has 0 aliphatic rings. The van der Waals surface area contributed by atoms with Crippen LogP contribution < -0.4 is 15.4 Å². The minimum Gasteiger partial charge on any atom is -0.760 e. The van der Waals surface area contributed by atoms with Gasteiger partial charge in [0.1, 0.15) is 11.0 Å². The van der Waals surface area contributed by atoms with Gasteiger partial charge in [0.05, 0.1) is 9.99 Å². The van der Waals surface area contributed by atoms with Crippen LogP contribution in [0.15, 0.2) is 53.1 Å². The topological polar surface area (TPSA) is 131 Å². The fraction of sp³-hybridized carbons (Fsp3) is 0.0556. The molecule has 0 saturated heterocycles. The van der Waals surface area contributed by atoms with Gasteiger partial charge in [0.2, 0.25) is 5.95 Å². The third kappa shape index (κ3) is 4.77. The molecule has 4 N–H and O–H groups in total. The number of nitrogens with zero attached hydrogens (tertiary/aromatic N) is 3. The first kappa shape index (κ1) is 20.7. The summed E-state index contributed by atoms with van der Waals surface area (Å²) in [7, 11) is 0. The van der Waals surface area contributed by atoms with Crippen molar-refractivity contribution >= 4 is 72.8 Å². The Labute approximate surface area is 187 Å². The van der Waals surface area contributed by atoms with Crippen molar-refractivity contribution in [3.05, 3.63) is 63.9 Å². The second kappa shape index (κ2) is 9.06. The van der Waals surface area contributed by atoms with Crippen molar-refractivity contribution in [2.24, 2.45) is 0 Å². The molecule has 4 aromatic rings. The normalized spacial score (nSPS) is 12.1. The van der Waals surface area contributed by atoms with Gasteiger partial charge in [-0.1, -0.05) is 29.8 Å². The smallest absolute Gasteiger partial charge is 0.229 e. The summed E-state index contributed by atoms with van der Waals surface area (Å²) in [5.74, 6) is 0.894. The molecule has 12 heteroatoms. The van der Waals surface area contributed by atoms with Crippen LogP contribution in [-0.4, -0.2) is 28.9 Å². The van der Waals surface area contributed by atoms with E-state index in [1.54, 1.807) is 6.20 Å². The lowest BCUT2D eigenvalue weighted by Gasteiger charge is -2.14. The van der Waals surface area contributed by atoms with Crippen LogP contribution in [0.2, 0.25) is 5.15 Å². The lowest BCUT2D eigenvalue weighted by molar-refractivity contribution is 0.522. The van der Waals surface area contributed by atoms with Crippen molar-refractivity contribution < 1.29 is 8.76 Å². The van der Waals surface area contributed by atoms with Crippen LogP contribution in [0.1, 0.15) is 5.56 Å². The number of hydrogen-bond donors (Lipinski definition) is 4. The number of para-hydroxylation sites is 1. The van der Waals surface area contributed by atoms with E-state index in [0.29, 0.717) is 27.1 Å². The van der Waals surface area contributed by atoms with E-state index in [1.165, 1.54) is 0 Å². The molecule has 0 amide bonds. The molecule has 2 heterocycles. The Hall–Kier alpha value is -2.57. The molecule has 0 spiro atoms. The Balaban J connectivity index is 1.57. The van der Waals surface area contributed by atoms with Gasteiger partial charge in [-0.2, -0.15) is 10.1 Å². The molecule has 2 aromatic heterocycles. The standard InChI is InChI=1S/C18H15BrClN7O2S/c19-13-9-21-18(23-11-5-6-12-15(7-11)26-27-16(12)20)25-17(13)24-14-4-2-1-3-10(14)8-22-30(28)29/h1-7,9,22H,8H2,(H,26,27)(H,28,29)(H2,21,23,24,25)/p-1. The van der Waals surface area contributed by atoms with Crippen molar-refractivity contribution in [1.29, 1.82) is 0 Å². The van der Waals surface area contributed by atoms with E-state index in [-0.39, 0.29) is 6.54 Å². The molecule has 0 radical (unpaired) electrons. The summed E-state index contributed by atoms with van der Waals surface area (Å²) in [5, 5.41) is 14.5. The van der Waals surface area contributed by atoms with Gasteiger partial charge >= 0.3 is 0 Å². The predicted molar refractivity (Wildman–Crippen MR) is 120 cm³/mol. The predicted octanol–water partition coefficient (Wildman–Crippen LogP) is 4.14. The number of aromatic nitrogens is 4. The number of H-pyrrole nitrogens is 1. The molecule has 4 rings (SSSR count). The zero-order valence-electron chi connectivity index (χ0n) is 15.1. The summed E-state index contributed by atoms with van der Waals surface area (Å²) in [6.45, 7) is 0.152. The summed E-state index contributed by atoms with van der Waals surface area (Å²) in [6.07, 6.45) is 1.62. The Morgan fingerprint density at radius 1 is 1.20 bits per heavy atom. The minimum atomic E-state index is -2.35. The van der Waals surface area contributed by atoms with Crippen LogP contribution in [0.4, 0.5) is 23.1 Å². The van der Waals surface area contributed by atoms with E-state index >= 15 is 0 Å². The first-order valence-corrected chi connectivity index (χ1v) is 10.8. The molecule has 0 bridgehead atoms. The fourth-order valence-electron chi connectivity index (χ4n) is 2.76. The van der Waals surface area contributed by atoms with E-state index in [9.17, 15) is 8.76 Å². The fourth-order valence-corrected chi connectivity index (χ4v) is 3.53. The largest absolute Gasteiger partial charge is 0.760 e. The van der Waals surface area contributed by atoms with Crippen molar-refractivity contribution in [1.82, 2.24) is 24.9 Å². The summed E-state index contributed by atoms with van der Waals surface area (Å²) in [4.78, 5) is 8.79. The Bertz CT molecular complexity index is 1240. The second-order valence-electron chi connectivity index (χ2n) is 6.12. The highest BCUT2D eigenvalue weighted by atomic mass is 79.9. The molecule has 0 saturated carbocycles. The number of aromatic amines is 1. The lowest BCUT2D eigenvalue weighted by Crippen LogP contribution is -2.16. The summed E-state index contributed by atoms with van der Waals surface area (Å²) in [5.41, 5.74) is 2.95. The molecular weight excluding hydrogens is 494 g/mol. The average Bonchev–Trinajstić information content (AvgIpc) is 3.10. The van der Waals surface area contributed by atoms with Crippen LogP contribution in [0, 0.1) is 0 Å². The summed E-state index contributed by atoms with van der Waals surface area (Å²) in [6, 6.07) is 12.9. The Morgan fingerprint density at radius 3 is 2.87 bits per heavy atom. The zero-order valence-corrected chi connectivity index (χ0v) is 18.3. The van der Waals surface area contributed by atoms with E-state index < -0.39 is 11.3 Å². The monoisotopic (exact) mass is 506 g/mol. The molecule has 2 aromatic carbocycles. The van der Waals surface area contributed by atoms with Crippen LogP contribution in [-0.2, 0) is 17.8 Å². The number of benzene rings is 2. The number of anilines is 4. The lowest BCUT2D eigenvalue weighted by atomic mass is 10.2. The molecule has 9 nitrogen and oxygen atoms in total. The molecule has 30 heavy (non-hydrogen) atoms. The molecular formula is C18H14BrClN7O2S-. The summed E-state index contributed by atoms with van der Waals surface area (Å²) < 4.78 is 24.6. The molecule has 0 aliphatic heterocycles. The SMILES string of the molecule is O=S([O-])NCc1ccccc1Nc1nc(Nc2ccc3c(Cl)[nH]nc3c2)ncc1Br. The van der Waals surface area contributed by atoms with Crippen LogP contribution in [0.3, 0.4) is 0 Å².